The molecule has 1 N–H and O–H groups in total. The van der Waals surface area contributed by atoms with Gasteiger partial charge < -0.3 is 10.2 Å². The van der Waals surface area contributed by atoms with Gasteiger partial charge in [-0.2, -0.15) is 9.35 Å². The number of hydrogen-bond donors (Lipinski definition) is 1. The van der Waals surface area contributed by atoms with Crippen LogP contribution in [0, 0.1) is 6.92 Å². The number of nitrogens with one attached hydrogen (secondary N) is 1. The van der Waals surface area contributed by atoms with Crippen molar-refractivity contribution < 1.29 is 4.21 Å². The first kappa shape index (κ1) is 25.8. The van der Waals surface area contributed by atoms with Crippen LogP contribution in [0.2, 0.25) is 0 Å². The Balaban J connectivity index is 1.62. The molecule has 1 aliphatic heterocycles. The Bertz CT molecular complexity index is 1730. The van der Waals surface area contributed by atoms with Gasteiger partial charge in [0.1, 0.15) is 5.39 Å². The van der Waals surface area contributed by atoms with Gasteiger partial charge >= 0.3 is 0 Å². The molecule has 0 fully saturated rings. The molecule has 1 atom stereocenters. The molecule has 5 rings (SSSR count). The summed E-state index contributed by atoms with van der Waals surface area (Å²) >= 11 is 0. The first-order valence-electron chi connectivity index (χ1n) is 12.5. The number of fused-ring (bicyclic) bond motifs is 2. The highest BCUT2D eigenvalue weighted by Gasteiger charge is 2.19. The number of benzene rings is 1. The lowest BCUT2D eigenvalue weighted by Gasteiger charge is -2.27. The van der Waals surface area contributed by atoms with Gasteiger partial charge in [-0.15, -0.1) is 6.58 Å². The number of likely N-dealkylation sites (N-methyl/N-ethyl adjacent to an activating group) is 1. The minimum absolute atomic E-state index is 0.248. The van der Waals surface area contributed by atoms with Crippen molar-refractivity contribution in [2.75, 3.05) is 30.9 Å². The standard InChI is InChI=1S/C27H32N8O2S/c1-6-12-34-26(36)22-16-28-27(29-20-14-18(3)21-11-13-33(4)17-19(21)15-20)31-25(22)35(34)24-10-8-9-23(30-24)32-38(5,37)7-2/h6,8-10,14-16H,1,7,11-13,17H2,2-5H3,(H,28,29,31). The second kappa shape index (κ2) is 10.1. The van der Waals surface area contributed by atoms with E-state index in [9.17, 15) is 9.00 Å². The summed E-state index contributed by atoms with van der Waals surface area (Å²) < 4.78 is 20.1. The summed E-state index contributed by atoms with van der Waals surface area (Å²) in [7, 11) is -0.279. The predicted octanol–water partition coefficient (Wildman–Crippen LogP) is 3.95. The van der Waals surface area contributed by atoms with Crippen molar-refractivity contribution in [1.82, 2.24) is 29.2 Å². The van der Waals surface area contributed by atoms with E-state index >= 15 is 0 Å². The number of anilines is 2. The van der Waals surface area contributed by atoms with Crippen LogP contribution in [0.5, 0.6) is 0 Å². The Morgan fingerprint density at radius 2 is 2.08 bits per heavy atom. The number of hydrogen-bond acceptors (Lipinski definition) is 8. The molecule has 3 aromatic heterocycles. The van der Waals surface area contributed by atoms with Crippen molar-refractivity contribution in [1.29, 1.82) is 0 Å². The van der Waals surface area contributed by atoms with E-state index in [1.165, 1.54) is 27.6 Å². The van der Waals surface area contributed by atoms with Gasteiger partial charge in [-0.25, -0.2) is 23.5 Å². The Kier molecular flexibility index (Phi) is 6.89. The van der Waals surface area contributed by atoms with Gasteiger partial charge in [-0.1, -0.05) is 19.1 Å². The molecule has 0 amide bonds. The van der Waals surface area contributed by atoms with Crippen LogP contribution in [0.1, 0.15) is 23.6 Å². The quantitative estimate of drug-likeness (QED) is 0.359. The minimum Gasteiger partial charge on any atom is -0.324 e. The van der Waals surface area contributed by atoms with E-state index in [1.807, 2.05) is 6.92 Å². The molecule has 0 saturated heterocycles. The lowest BCUT2D eigenvalue weighted by Crippen LogP contribution is -2.27. The number of aromatic nitrogens is 5. The Morgan fingerprint density at radius 1 is 1.26 bits per heavy atom. The highest BCUT2D eigenvalue weighted by atomic mass is 32.2. The summed E-state index contributed by atoms with van der Waals surface area (Å²) in [6, 6.07) is 9.48. The average molecular weight is 533 g/mol. The van der Waals surface area contributed by atoms with E-state index in [-0.39, 0.29) is 12.1 Å². The number of pyridine rings is 1. The van der Waals surface area contributed by atoms with Crippen LogP contribution in [0.15, 0.2) is 58.3 Å². The Labute approximate surface area is 222 Å². The summed E-state index contributed by atoms with van der Waals surface area (Å²) in [6.45, 7) is 9.94. The molecule has 0 aliphatic carbocycles. The molecular weight excluding hydrogens is 500 g/mol. The highest BCUT2D eigenvalue weighted by molar-refractivity contribution is 7.93. The fourth-order valence-electron chi connectivity index (χ4n) is 4.71. The number of aryl methyl sites for hydroxylation is 1. The zero-order valence-corrected chi connectivity index (χ0v) is 23.0. The van der Waals surface area contributed by atoms with E-state index in [0.717, 1.165) is 25.2 Å². The van der Waals surface area contributed by atoms with E-state index in [1.54, 1.807) is 35.2 Å². The molecule has 0 bridgehead atoms. The maximum atomic E-state index is 13.3. The summed E-state index contributed by atoms with van der Waals surface area (Å²) in [5.41, 5.74) is 4.97. The molecular formula is C27H32N8O2S. The van der Waals surface area contributed by atoms with Gasteiger partial charge in [0.05, 0.1) is 16.3 Å². The van der Waals surface area contributed by atoms with Crippen LogP contribution in [-0.4, -0.2) is 59.0 Å². The molecule has 4 heterocycles. The molecule has 38 heavy (non-hydrogen) atoms. The molecule has 11 heteroatoms. The molecule has 1 aliphatic rings. The largest absolute Gasteiger partial charge is 0.324 e. The van der Waals surface area contributed by atoms with Gasteiger partial charge in [-0.05, 0) is 61.3 Å². The van der Waals surface area contributed by atoms with Crippen molar-refractivity contribution in [3.8, 4) is 5.82 Å². The topological polar surface area (TPSA) is 110 Å². The fourth-order valence-corrected chi connectivity index (χ4v) is 5.34. The van der Waals surface area contributed by atoms with E-state index < -0.39 is 9.73 Å². The van der Waals surface area contributed by atoms with Crippen molar-refractivity contribution >= 4 is 38.2 Å². The van der Waals surface area contributed by atoms with Crippen molar-refractivity contribution in [2.45, 2.75) is 33.4 Å². The zero-order chi connectivity index (χ0) is 27.0. The third-order valence-corrected chi connectivity index (χ3v) is 8.39. The van der Waals surface area contributed by atoms with Gasteiger partial charge in [0.2, 0.25) is 5.95 Å². The predicted molar refractivity (Wildman–Crippen MR) is 152 cm³/mol. The highest BCUT2D eigenvalue weighted by Crippen LogP contribution is 2.27. The molecule has 1 unspecified atom stereocenters. The van der Waals surface area contributed by atoms with E-state index in [4.69, 9.17) is 4.98 Å². The SMILES string of the molecule is C=CCn1c(=O)c2cnc(Nc3cc(C)c4c(c3)CN(C)CC4)nc2n1-c1cccc(N=S(C)(=O)CC)n1. The summed E-state index contributed by atoms with van der Waals surface area (Å²) in [4.78, 5) is 29.4. The number of rotatable bonds is 7. The molecule has 1 aromatic carbocycles. The fraction of sp³-hybridized carbons (Fsp3) is 0.333. The molecule has 198 valence electrons. The summed E-state index contributed by atoms with van der Waals surface area (Å²) in [6.07, 6.45) is 5.81. The van der Waals surface area contributed by atoms with E-state index in [2.05, 4.69) is 57.2 Å². The first-order valence-corrected chi connectivity index (χ1v) is 14.6. The normalized spacial score (nSPS) is 15.2. The van der Waals surface area contributed by atoms with Crippen LogP contribution in [0.25, 0.3) is 16.9 Å². The third kappa shape index (κ3) is 4.99. The van der Waals surface area contributed by atoms with Crippen LogP contribution < -0.4 is 10.9 Å². The summed E-state index contributed by atoms with van der Waals surface area (Å²) in [5.74, 6) is 1.55. The van der Waals surface area contributed by atoms with Crippen molar-refractivity contribution in [3.05, 3.63) is 76.2 Å². The van der Waals surface area contributed by atoms with Gasteiger partial charge in [0.25, 0.3) is 5.56 Å². The monoisotopic (exact) mass is 532 g/mol. The molecule has 0 radical (unpaired) electrons. The van der Waals surface area contributed by atoms with Crippen LogP contribution in [0.3, 0.4) is 0 Å². The number of nitrogens with zero attached hydrogens (tertiary/aromatic N) is 7. The minimum atomic E-state index is -2.40. The smallest absolute Gasteiger partial charge is 0.278 e. The molecule has 4 aromatic rings. The summed E-state index contributed by atoms with van der Waals surface area (Å²) in [5, 5.41) is 3.69. The van der Waals surface area contributed by atoms with Crippen molar-refractivity contribution in [2.24, 2.45) is 4.36 Å². The second-order valence-corrected chi connectivity index (χ2v) is 12.3. The zero-order valence-electron chi connectivity index (χ0n) is 22.1. The lowest BCUT2D eigenvalue weighted by molar-refractivity contribution is 0.312. The van der Waals surface area contributed by atoms with Gasteiger partial charge in [0.15, 0.2) is 17.3 Å². The maximum absolute atomic E-state index is 13.3. The lowest BCUT2D eigenvalue weighted by atomic mass is 9.94. The Morgan fingerprint density at radius 3 is 2.84 bits per heavy atom. The van der Waals surface area contributed by atoms with Gasteiger partial charge in [0, 0.05) is 37.0 Å². The molecule has 0 saturated carbocycles. The average Bonchev–Trinajstić information content (AvgIpc) is 3.14. The number of allylic oxidation sites excluding steroid dienone is 1. The third-order valence-electron chi connectivity index (χ3n) is 6.74. The van der Waals surface area contributed by atoms with Crippen LogP contribution in [0.4, 0.5) is 17.5 Å². The molecule has 0 spiro atoms. The van der Waals surface area contributed by atoms with Crippen LogP contribution >= 0.6 is 0 Å². The van der Waals surface area contributed by atoms with Gasteiger partial charge in [-0.3, -0.25) is 4.79 Å². The Hall–Kier alpha value is -3.83. The first-order chi connectivity index (χ1) is 18.2. The van der Waals surface area contributed by atoms with Crippen molar-refractivity contribution in [3.63, 3.8) is 0 Å². The van der Waals surface area contributed by atoms with Crippen LogP contribution in [-0.2, 0) is 29.2 Å². The van der Waals surface area contributed by atoms with E-state index in [0.29, 0.717) is 34.4 Å². The second-order valence-electron chi connectivity index (χ2n) is 9.66. The maximum Gasteiger partial charge on any atom is 0.278 e. The molecule has 10 nitrogen and oxygen atoms in total.